The number of aryl methyl sites for hydroxylation is 2. The molecule has 0 radical (unpaired) electrons. The normalized spacial score (nSPS) is 12.2. The van der Waals surface area contributed by atoms with E-state index in [4.69, 9.17) is 21.3 Å². The van der Waals surface area contributed by atoms with Gasteiger partial charge in [-0.2, -0.15) is 0 Å². The molecule has 160 valence electrons. The van der Waals surface area contributed by atoms with E-state index in [-0.39, 0.29) is 6.10 Å². The maximum absolute atomic E-state index is 6.30. The van der Waals surface area contributed by atoms with Crippen LogP contribution in [-0.4, -0.2) is 19.7 Å². The fraction of sp³-hybridized carbons (Fsp3) is 0.261. The number of thiazole rings is 1. The number of ether oxygens (including phenoxy) is 1. The first-order valence-electron chi connectivity index (χ1n) is 9.87. The van der Waals surface area contributed by atoms with Crippen molar-refractivity contribution in [2.75, 3.05) is 0 Å². The molecule has 0 aliphatic carbocycles. The zero-order chi connectivity index (χ0) is 22.0. The Morgan fingerprint density at radius 3 is 2.71 bits per heavy atom. The van der Waals surface area contributed by atoms with E-state index in [9.17, 15) is 0 Å². The number of thioether (sulfide) groups is 1. The highest BCUT2D eigenvalue weighted by atomic mass is 35.5. The summed E-state index contributed by atoms with van der Waals surface area (Å²) in [5.41, 5.74) is 4.41. The average Bonchev–Trinajstić information content (AvgIpc) is 3.36. The highest BCUT2D eigenvalue weighted by molar-refractivity contribution is 7.98. The summed E-state index contributed by atoms with van der Waals surface area (Å²) >= 11 is 9.50. The number of hydrogen-bond acceptors (Lipinski definition) is 6. The monoisotopic (exact) mass is 470 g/mol. The van der Waals surface area contributed by atoms with E-state index in [0.717, 1.165) is 33.0 Å². The van der Waals surface area contributed by atoms with Crippen molar-refractivity contribution in [2.45, 2.75) is 37.8 Å². The molecule has 1 unspecified atom stereocenters. The van der Waals surface area contributed by atoms with Gasteiger partial charge in [0.25, 0.3) is 0 Å². The molecule has 2 aromatic heterocycles. The van der Waals surface area contributed by atoms with Gasteiger partial charge >= 0.3 is 0 Å². The van der Waals surface area contributed by atoms with E-state index >= 15 is 0 Å². The largest absolute Gasteiger partial charge is 0.483 e. The van der Waals surface area contributed by atoms with Crippen molar-refractivity contribution in [2.24, 2.45) is 7.05 Å². The molecule has 0 N–H and O–H groups in total. The van der Waals surface area contributed by atoms with E-state index in [1.807, 2.05) is 48.9 Å². The minimum Gasteiger partial charge on any atom is -0.483 e. The van der Waals surface area contributed by atoms with Crippen LogP contribution in [0.1, 0.15) is 35.7 Å². The number of aromatic nitrogens is 4. The summed E-state index contributed by atoms with van der Waals surface area (Å²) in [6.45, 7) is 6.16. The van der Waals surface area contributed by atoms with Crippen LogP contribution in [0, 0.1) is 13.8 Å². The van der Waals surface area contributed by atoms with Crippen LogP contribution >= 0.6 is 34.7 Å². The number of rotatable bonds is 7. The SMILES string of the molecule is Cc1ccc(OC(C)c2nnc(SCc3csc(-c4ccccc4Cl)n3)n2C)cc1C. The molecule has 0 aliphatic heterocycles. The Hall–Kier alpha value is -2.35. The maximum atomic E-state index is 6.30. The molecular formula is C23H23ClN4OS2. The van der Waals surface area contributed by atoms with Gasteiger partial charge in [0.15, 0.2) is 17.1 Å². The van der Waals surface area contributed by atoms with Crippen molar-refractivity contribution in [3.63, 3.8) is 0 Å². The number of benzene rings is 2. The molecule has 2 aromatic carbocycles. The van der Waals surface area contributed by atoms with Crippen LogP contribution in [0.4, 0.5) is 0 Å². The number of nitrogens with zero attached hydrogens (tertiary/aromatic N) is 4. The molecule has 0 fully saturated rings. The summed E-state index contributed by atoms with van der Waals surface area (Å²) in [7, 11) is 1.97. The second-order valence-electron chi connectivity index (χ2n) is 7.32. The lowest BCUT2D eigenvalue weighted by molar-refractivity contribution is 0.211. The molecule has 2 heterocycles. The van der Waals surface area contributed by atoms with Gasteiger partial charge in [0.1, 0.15) is 10.8 Å². The highest BCUT2D eigenvalue weighted by Gasteiger charge is 2.18. The van der Waals surface area contributed by atoms with Gasteiger partial charge in [-0.3, -0.25) is 0 Å². The van der Waals surface area contributed by atoms with Gasteiger partial charge in [0.05, 0.1) is 10.7 Å². The van der Waals surface area contributed by atoms with Gasteiger partial charge in [-0.15, -0.1) is 21.5 Å². The molecule has 0 saturated heterocycles. The molecule has 0 spiro atoms. The predicted molar refractivity (Wildman–Crippen MR) is 128 cm³/mol. The van der Waals surface area contributed by atoms with Gasteiger partial charge in [0.2, 0.25) is 0 Å². The summed E-state index contributed by atoms with van der Waals surface area (Å²) in [6, 6.07) is 13.9. The summed E-state index contributed by atoms with van der Waals surface area (Å²) in [6.07, 6.45) is -0.208. The minimum absolute atomic E-state index is 0.208. The molecular weight excluding hydrogens is 448 g/mol. The first kappa shape index (κ1) is 21.9. The Labute approximate surface area is 195 Å². The van der Waals surface area contributed by atoms with Crippen LogP contribution in [0.2, 0.25) is 5.02 Å². The molecule has 0 aliphatic rings. The second kappa shape index (κ2) is 9.42. The third-order valence-corrected chi connectivity index (χ3v) is 7.34. The molecule has 4 aromatic rings. The molecule has 0 bridgehead atoms. The summed E-state index contributed by atoms with van der Waals surface area (Å²) in [5, 5.41) is 13.3. The van der Waals surface area contributed by atoms with Crippen molar-refractivity contribution >= 4 is 34.7 Å². The smallest absolute Gasteiger partial charge is 0.191 e. The Balaban J connectivity index is 1.42. The quantitative estimate of drug-likeness (QED) is 0.283. The molecule has 4 rings (SSSR count). The first-order valence-corrected chi connectivity index (χ1v) is 12.1. The molecule has 0 saturated carbocycles. The van der Waals surface area contributed by atoms with Crippen LogP contribution in [0.5, 0.6) is 5.75 Å². The van der Waals surface area contributed by atoms with Gasteiger partial charge in [0, 0.05) is 23.7 Å². The van der Waals surface area contributed by atoms with Crippen molar-refractivity contribution in [1.82, 2.24) is 19.7 Å². The Kier molecular flexibility index (Phi) is 6.65. The van der Waals surface area contributed by atoms with E-state index in [2.05, 4.69) is 41.6 Å². The molecule has 0 amide bonds. The zero-order valence-electron chi connectivity index (χ0n) is 17.8. The average molecular weight is 471 g/mol. The predicted octanol–water partition coefficient (Wildman–Crippen LogP) is 6.64. The van der Waals surface area contributed by atoms with E-state index in [1.165, 1.54) is 11.1 Å². The van der Waals surface area contributed by atoms with Crippen LogP contribution in [-0.2, 0) is 12.8 Å². The molecule has 31 heavy (non-hydrogen) atoms. The number of halogens is 1. The topological polar surface area (TPSA) is 52.8 Å². The molecule has 8 heteroatoms. The fourth-order valence-corrected chi connectivity index (χ4v) is 5.18. The zero-order valence-corrected chi connectivity index (χ0v) is 20.2. The van der Waals surface area contributed by atoms with Crippen LogP contribution in [0.15, 0.2) is 53.0 Å². The van der Waals surface area contributed by atoms with Gasteiger partial charge in [-0.25, -0.2) is 4.98 Å². The first-order chi connectivity index (χ1) is 14.9. The van der Waals surface area contributed by atoms with Crippen LogP contribution in [0.25, 0.3) is 10.6 Å². The van der Waals surface area contributed by atoms with Gasteiger partial charge in [-0.1, -0.05) is 47.6 Å². The summed E-state index contributed by atoms with van der Waals surface area (Å²) in [5.74, 6) is 2.33. The van der Waals surface area contributed by atoms with Crippen molar-refractivity contribution in [1.29, 1.82) is 0 Å². The number of hydrogen-bond donors (Lipinski definition) is 0. The van der Waals surface area contributed by atoms with Gasteiger partial charge in [-0.05, 0) is 50.1 Å². The third-order valence-electron chi connectivity index (χ3n) is 5.03. The maximum Gasteiger partial charge on any atom is 0.191 e. The highest BCUT2D eigenvalue weighted by Crippen LogP contribution is 2.32. The van der Waals surface area contributed by atoms with E-state index in [0.29, 0.717) is 10.8 Å². The Bertz CT molecular complexity index is 1200. The summed E-state index contributed by atoms with van der Waals surface area (Å²) < 4.78 is 8.08. The molecule has 1 atom stereocenters. The molecule has 5 nitrogen and oxygen atoms in total. The summed E-state index contributed by atoms with van der Waals surface area (Å²) in [4.78, 5) is 4.73. The second-order valence-corrected chi connectivity index (χ2v) is 9.53. The standard InChI is InChI=1S/C23H23ClN4OS2/c1-14-9-10-18(11-15(14)2)29-16(3)21-26-27-23(28(21)4)31-13-17-12-30-22(25-17)19-7-5-6-8-20(19)24/h5-12,16H,13H2,1-4H3. The third kappa shape index (κ3) is 4.95. The van der Waals surface area contributed by atoms with Crippen molar-refractivity contribution in [3.8, 4) is 16.3 Å². The lowest BCUT2D eigenvalue weighted by atomic mass is 10.1. The van der Waals surface area contributed by atoms with Crippen LogP contribution in [0.3, 0.4) is 0 Å². The Morgan fingerprint density at radius 1 is 1.13 bits per heavy atom. The lowest BCUT2D eigenvalue weighted by Crippen LogP contribution is -2.10. The lowest BCUT2D eigenvalue weighted by Gasteiger charge is -2.15. The minimum atomic E-state index is -0.208. The van der Waals surface area contributed by atoms with Crippen molar-refractivity contribution in [3.05, 3.63) is 75.5 Å². The van der Waals surface area contributed by atoms with E-state index in [1.54, 1.807) is 23.1 Å². The van der Waals surface area contributed by atoms with E-state index < -0.39 is 0 Å². The van der Waals surface area contributed by atoms with Gasteiger partial charge < -0.3 is 9.30 Å². The fourth-order valence-electron chi connectivity index (χ4n) is 3.12. The Morgan fingerprint density at radius 2 is 1.94 bits per heavy atom. The van der Waals surface area contributed by atoms with Crippen LogP contribution < -0.4 is 4.74 Å². The van der Waals surface area contributed by atoms with Crippen molar-refractivity contribution < 1.29 is 4.74 Å².